The number of carbonyl (C=O) groups is 3. The third-order valence-corrected chi connectivity index (χ3v) is 8.19. The van der Waals surface area contributed by atoms with E-state index < -0.39 is 34.9 Å². The van der Waals surface area contributed by atoms with Crippen LogP contribution in [0, 0.1) is 0 Å². The van der Waals surface area contributed by atoms with Gasteiger partial charge in [-0.25, -0.2) is 9.78 Å². The molecular formula is C21H16N6O6S3. The molecule has 0 aliphatic carbocycles. The predicted molar refractivity (Wildman–Crippen MR) is 133 cm³/mol. The minimum absolute atomic E-state index is 0.0608. The van der Waals surface area contributed by atoms with Gasteiger partial charge in [0.1, 0.15) is 28.5 Å². The van der Waals surface area contributed by atoms with Gasteiger partial charge in [-0.2, -0.15) is 0 Å². The molecule has 15 heteroatoms. The van der Waals surface area contributed by atoms with Gasteiger partial charge in [0.05, 0.1) is 4.88 Å². The fraction of sp³-hybridized carbons (Fsp3) is 0.143. The Morgan fingerprint density at radius 3 is 2.83 bits per heavy atom. The van der Waals surface area contributed by atoms with Crippen LogP contribution >= 0.6 is 34.4 Å². The summed E-state index contributed by atoms with van der Waals surface area (Å²) in [6.07, 6.45) is 3.17. The zero-order valence-corrected chi connectivity index (χ0v) is 20.5. The van der Waals surface area contributed by atoms with Gasteiger partial charge in [-0.3, -0.25) is 14.5 Å². The molecule has 0 unspecified atom stereocenters. The second kappa shape index (κ2) is 9.60. The molecule has 2 atom stereocenters. The summed E-state index contributed by atoms with van der Waals surface area (Å²) in [5.74, 6) is -2.00. The number of nitrogens with one attached hydrogen (secondary N) is 1. The van der Waals surface area contributed by atoms with E-state index in [4.69, 9.17) is 10.3 Å². The highest BCUT2D eigenvalue weighted by Gasteiger charge is 2.54. The van der Waals surface area contributed by atoms with E-state index in [-0.39, 0.29) is 22.3 Å². The van der Waals surface area contributed by atoms with E-state index in [1.165, 1.54) is 28.5 Å². The number of hydrogen-bond acceptors (Lipinski definition) is 12. The van der Waals surface area contributed by atoms with Crippen LogP contribution in [-0.4, -0.2) is 66.0 Å². The number of rotatable bonds is 7. The lowest BCUT2D eigenvalue weighted by Crippen LogP contribution is -2.71. The lowest BCUT2D eigenvalue weighted by Gasteiger charge is -2.49. The maximum absolute atomic E-state index is 12.9. The summed E-state index contributed by atoms with van der Waals surface area (Å²) in [5.41, 5.74) is 6.12. The number of thiazole rings is 1. The number of anilines is 1. The number of thiophene rings is 1. The van der Waals surface area contributed by atoms with Crippen molar-refractivity contribution in [2.24, 2.45) is 5.16 Å². The first-order valence-corrected chi connectivity index (χ1v) is 13.0. The van der Waals surface area contributed by atoms with Crippen LogP contribution in [0.1, 0.15) is 11.5 Å². The third-order valence-electron chi connectivity index (χ3n) is 5.32. The zero-order chi connectivity index (χ0) is 25.4. The molecule has 0 bridgehead atoms. The number of nitrogens with two attached hydrogens (primary N) is 1. The van der Waals surface area contributed by atoms with Crippen molar-refractivity contribution in [3.63, 3.8) is 0 Å². The molecule has 2 aliphatic rings. The van der Waals surface area contributed by atoms with E-state index in [9.17, 15) is 24.7 Å². The monoisotopic (exact) mass is 544 g/mol. The molecule has 2 aliphatic heterocycles. The number of amides is 2. The number of hydrogen-bond donors (Lipinski definition) is 4. The second-order valence-corrected chi connectivity index (χ2v) is 10.4. The Morgan fingerprint density at radius 1 is 1.33 bits per heavy atom. The number of aromatic nitrogens is 2. The van der Waals surface area contributed by atoms with Crippen LogP contribution in [0.25, 0.3) is 16.6 Å². The molecule has 3 aromatic heterocycles. The smallest absolute Gasteiger partial charge is 0.352 e. The first-order valence-electron chi connectivity index (χ1n) is 10.2. The van der Waals surface area contributed by atoms with Gasteiger partial charge in [-0.05, 0) is 23.1 Å². The van der Waals surface area contributed by atoms with Gasteiger partial charge in [0.15, 0.2) is 16.6 Å². The molecule has 5 N–H and O–H groups in total. The van der Waals surface area contributed by atoms with Gasteiger partial charge in [0.2, 0.25) is 0 Å². The Kier molecular flexibility index (Phi) is 6.34. The van der Waals surface area contributed by atoms with Crippen LogP contribution in [0.3, 0.4) is 0 Å². The first-order chi connectivity index (χ1) is 17.4. The number of carboxylic acid groups (broad SMARTS) is 1. The van der Waals surface area contributed by atoms with Crippen LogP contribution in [0.4, 0.5) is 5.13 Å². The number of aliphatic carboxylic acids is 1. The summed E-state index contributed by atoms with van der Waals surface area (Å²) in [7, 11) is 0. The molecule has 5 rings (SSSR count). The Labute approximate surface area is 214 Å². The quantitative estimate of drug-likeness (QED) is 0.149. The fourth-order valence-corrected chi connectivity index (χ4v) is 6.23. The van der Waals surface area contributed by atoms with Crippen molar-refractivity contribution in [3.05, 3.63) is 57.8 Å². The second-order valence-electron chi connectivity index (χ2n) is 7.48. The van der Waals surface area contributed by atoms with Crippen molar-refractivity contribution in [3.8, 4) is 10.6 Å². The van der Waals surface area contributed by atoms with Crippen LogP contribution < -0.4 is 11.1 Å². The molecule has 36 heavy (non-hydrogen) atoms. The summed E-state index contributed by atoms with van der Waals surface area (Å²) in [4.78, 5) is 43.5. The summed E-state index contributed by atoms with van der Waals surface area (Å²) < 4.78 is 5.31. The minimum Gasteiger partial charge on any atom is -0.477 e. The molecule has 1 fully saturated rings. The zero-order valence-electron chi connectivity index (χ0n) is 18.0. The number of allylic oxidation sites excluding steroid dienone is 1. The Hall–Kier alpha value is -3.95. The number of carbonyl (C=O) groups excluding carboxylic acids is 2. The van der Waals surface area contributed by atoms with Gasteiger partial charge in [-0.15, -0.1) is 34.4 Å². The fourth-order valence-electron chi connectivity index (χ4n) is 3.68. The van der Waals surface area contributed by atoms with Crippen molar-refractivity contribution in [2.45, 2.75) is 11.4 Å². The Bertz CT molecular complexity index is 1440. The number of β-lactam (4-membered cyclic amide) rings is 1. The number of oxime groups is 1. The van der Waals surface area contributed by atoms with Crippen molar-refractivity contribution in [1.82, 2.24) is 20.4 Å². The minimum atomic E-state index is -1.27. The number of nitrogen functional groups attached to an aromatic ring is 1. The molecule has 2 amide bonds. The molecule has 0 radical (unpaired) electrons. The van der Waals surface area contributed by atoms with Gasteiger partial charge in [0.25, 0.3) is 11.8 Å². The lowest BCUT2D eigenvalue weighted by molar-refractivity contribution is -0.150. The highest BCUT2D eigenvalue weighted by molar-refractivity contribution is 8.00. The topological polar surface area (TPSA) is 184 Å². The summed E-state index contributed by atoms with van der Waals surface area (Å²) >= 11 is 3.86. The summed E-state index contributed by atoms with van der Waals surface area (Å²) in [6, 6.07) is 4.54. The van der Waals surface area contributed by atoms with Crippen molar-refractivity contribution < 1.29 is 29.2 Å². The standard InChI is InChI=1S/C21H16N6O6S3/c22-21-23-12(8-36-21)14(25-32)17(28)24-15-18(29)27-16(20(30)31)9(7-35-19(15)27)3-4-10-6-11(26-33-10)13-2-1-5-34-13/h1-6,8,15,19,32H,7H2,(H2,22,23)(H,24,28)(H,30,31)/b4-3+,25-14-/t15-,19-/m1/s1. The van der Waals surface area contributed by atoms with Crippen molar-refractivity contribution >= 4 is 69.1 Å². The van der Waals surface area contributed by atoms with E-state index in [0.717, 1.165) is 21.1 Å². The molecule has 3 aromatic rings. The normalized spacial score (nSPS) is 19.9. The van der Waals surface area contributed by atoms with Crippen molar-refractivity contribution in [1.29, 1.82) is 0 Å². The molecular weight excluding hydrogens is 528 g/mol. The van der Waals surface area contributed by atoms with Gasteiger partial charge in [0, 0.05) is 17.2 Å². The predicted octanol–water partition coefficient (Wildman–Crippen LogP) is 2.07. The average Bonchev–Trinajstić information content (AvgIpc) is 3.63. The largest absolute Gasteiger partial charge is 0.477 e. The average molecular weight is 545 g/mol. The molecule has 0 aromatic carbocycles. The van der Waals surface area contributed by atoms with E-state index >= 15 is 0 Å². The van der Waals surface area contributed by atoms with Crippen LogP contribution in [-0.2, 0) is 14.4 Å². The number of nitrogens with zero attached hydrogens (tertiary/aromatic N) is 4. The highest BCUT2D eigenvalue weighted by Crippen LogP contribution is 2.41. The van der Waals surface area contributed by atoms with E-state index in [0.29, 0.717) is 17.0 Å². The SMILES string of the molecule is Nc1nc(/C(=N/O)C(=O)N[C@@H]2C(=O)N3C(C(=O)O)=C(/C=C/c4cc(-c5cccs5)no4)CS[C@H]23)cs1. The van der Waals surface area contributed by atoms with Crippen LogP contribution in [0.15, 0.2) is 56.0 Å². The lowest BCUT2D eigenvalue weighted by atomic mass is 10.0. The molecule has 5 heterocycles. The summed E-state index contributed by atoms with van der Waals surface area (Å²) in [5, 5.41) is 31.5. The third kappa shape index (κ3) is 4.27. The van der Waals surface area contributed by atoms with Crippen LogP contribution in [0.5, 0.6) is 0 Å². The van der Waals surface area contributed by atoms with Crippen molar-refractivity contribution in [2.75, 3.05) is 11.5 Å². The van der Waals surface area contributed by atoms with Crippen LogP contribution in [0.2, 0.25) is 0 Å². The molecule has 12 nitrogen and oxygen atoms in total. The van der Waals surface area contributed by atoms with Gasteiger partial charge in [-0.1, -0.05) is 22.5 Å². The maximum Gasteiger partial charge on any atom is 0.352 e. The Morgan fingerprint density at radius 2 is 2.17 bits per heavy atom. The van der Waals surface area contributed by atoms with E-state index in [1.807, 2.05) is 17.5 Å². The summed E-state index contributed by atoms with van der Waals surface area (Å²) in [6.45, 7) is 0. The molecule has 0 saturated carbocycles. The van der Waals surface area contributed by atoms with Gasteiger partial charge < -0.3 is 25.9 Å². The number of thioether (sulfide) groups is 1. The van der Waals surface area contributed by atoms with Gasteiger partial charge >= 0.3 is 5.97 Å². The Balaban J connectivity index is 1.32. The first kappa shape index (κ1) is 23.8. The maximum atomic E-state index is 12.9. The molecule has 1 saturated heterocycles. The molecule has 184 valence electrons. The van der Waals surface area contributed by atoms with E-state index in [1.54, 1.807) is 18.2 Å². The van der Waals surface area contributed by atoms with E-state index in [2.05, 4.69) is 20.6 Å². The highest BCUT2D eigenvalue weighted by atomic mass is 32.2. The number of fused-ring (bicyclic) bond motifs is 1. The number of carboxylic acids is 1. The molecule has 0 spiro atoms.